The Labute approximate surface area is 166 Å². The summed E-state index contributed by atoms with van der Waals surface area (Å²) in [5.74, 6) is 0. The molecule has 0 saturated carbocycles. The molecule has 0 atom stereocenters. The number of hydrogen-bond acceptors (Lipinski definition) is 0. The molecular weight excluding hydrogens is 336 g/mol. The lowest BCUT2D eigenvalue weighted by Gasteiger charge is -2.19. The summed E-state index contributed by atoms with van der Waals surface area (Å²) in [4.78, 5) is 0. The molecule has 0 amide bonds. The molecule has 0 spiro atoms. The highest BCUT2D eigenvalue weighted by molar-refractivity contribution is 6.18. The quantitative estimate of drug-likeness (QED) is 0.224. The third-order valence-corrected chi connectivity index (χ3v) is 5.84. The number of unbranched alkanes of at least 4 members (excludes halogenated alkanes) is 1. The first kappa shape index (κ1) is 17.0. The third-order valence-electron chi connectivity index (χ3n) is 5.84. The zero-order chi connectivity index (χ0) is 18.9. The number of hydrogen-bond donors (Lipinski definition) is 0. The smallest absolute Gasteiger partial charge is 0.00669 e. The van der Waals surface area contributed by atoms with E-state index >= 15 is 0 Å². The van der Waals surface area contributed by atoms with Crippen molar-refractivity contribution in [2.24, 2.45) is 0 Å². The highest BCUT2D eigenvalue weighted by atomic mass is 14.2. The lowest BCUT2D eigenvalue weighted by atomic mass is 9.85. The fourth-order valence-corrected chi connectivity index (χ4v) is 4.49. The zero-order valence-electron chi connectivity index (χ0n) is 16.3. The molecule has 136 valence electrons. The minimum absolute atomic E-state index is 1.11. The van der Waals surface area contributed by atoms with E-state index in [0.717, 1.165) is 6.42 Å². The van der Waals surface area contributed by atoms with Gasteiger partial charge in [0.25, 0.3) is 0 Å². The Morgan fingerprint density at radius 3 is 1.89 bits per heavy atom. The average molecular weight is 361 g/mol. The van der Waals surface area contributed by atoms with Crippen LogP contribution in [0.5, 0.6) is 0 Å². The first-order valence-electron chi connectivity index (χ1n) is 10.3. The van der Waals surface area contributed by atoms with Crippen molar-refractivity contribution in [3.05, 3.63) is 96.6 Å². The van der Waals surface area contributed by atoms with Crippen LogP contribution in [-0.4, -0.2) is 0 Å². The molecule has 0 saturated heterocycles. The van der Waals surface area contributed by atoms with Gasteiger partial charge < -0.3 is 0 Å². The lowest BCUT2D eigenvalue weighted by molar-refractivity contribution is 0.800. The molecule has 0 fully saturated rings. The van der Waals surface area contributed by atoms with Gasteiger partial charge in [-0.3, -0.25) is 0 Å². The Morgan fingerprint density at radius 2 is 1.18 bits per heavy atom. The fraction of sp³-hybridized carbons (Fsp3) is 0.143. The summed E-state index contributed by atoms with van der Waals surface area (Å²) in [5, 5.41) is 8.13. The molecule has 0 aromatic heterocycles. The Hall–Kier alpha value is -3.12. The van der Waals surface area contributed by atoms with Crippen LogP contribution in [0.2, 0.25) is 0 Å². The Kier molecular flexibility index (Phi) is 4.33. The summed E-state index contributed by atoms with van der Waals surface area (Å²) >= 11 is 0. The van der Waals surface area contributed by atoms with Crippen LogP contribution in [0.15, 0.2) is 91.0 Å². The van der Waals surface area contributed by atoms with E-state index in [2.05, 4.69) is 97.9 Å². The summed E-state index contributed by atoms with van der Waals surface area (Å²) in [5.41, 5.74) is 4.22. The second-order valence-corrected chi connectivity index (χ2v) is 7.61. The molecule has 5 rings (SSSR count). The molecule has 0 N–H and O–H groups in total. The van der Waals surface area contributed by atoms with Crippen LogP contribution >= 0.6 is 0 Å². The maximum atomic E-state index is 2.41. The number of rotatable bonds is 4. The van der Waals surface area contributed by atoms with Gasteiger partial charge in [-0.15, -0.1) is 0 Å². The molecule has 0 heterocycles. The minimum Gasteiger partial charge on any atom is -0.0654 e. The molecular formula is C28H24. The van der Waals surface area contributed by atoms with Gasteiger partial charge in [-0.2, -0.15) is 0 Å². The van der Waals surface area contributed by atoms with Gasteiger partial charge in [0, 0.05) is 0 Å². The van der Waals surface area contributed by atoms with Crippen LogP contribution in [0.4, 0.5) is 0 Å². The van der Waals surface area contributed by atoms with E-state index in [9.17, 15) is 0 Å². The van der Waals surface area contributed by atoms with Crippen LogP contribution in [0.1, 0.15) is 25.3 Å². The van der Waals surface area contributed by atoms with Gasteiger partial charge >= 0.3 is 0 Å². The van der Waals surface area contributed by atoms with Crippen molar-refractivity contribution in [3.8, 4) is 11.1 Å². The maximum Gasteiger partial charge on any atom is -0.00669 e. The SMILES string of the molecule is CCCCc1c(-c2ccccc2)c2ccccc2c2cc3ccccc3cc12. The molecule has 0 aliphatic heterocycles. The molecule has 0 heteroatoms. The second kappa shape index (κ2) is 7.13. The Bertz CT molecular complexity index is 1280. The molecule has 0 radical (unpaired) electrons. The van der Waals surface area contributed by atoms with Crippen molar-refractivity contribution in [3.63, 3.8) is 0 Å². The van der Waals surface area contributed by atoms with Gasteiger partial charge in [0.15, 0.2) is 0 Å². The standard InChI is InChI=1S/C28H24/c1-2-3-15-25-27-19-22-14-8-7-13-21(22)18-26(27)23-16-9-10-17-24(23)28(25)20-11-5-4-6-12-20/h4-14,16-19H,2-3,15H2,1H3. The molecule has 0 bridgehead atoms. The van der Waals surface area contributed by atoms with Gasteiger partial charge in [0.05, 0.1) is 0 Å². The third kappa shape index (κ3) is 2.77. The van der Waals surface area contributed by atoms with E-state index in [0.29, 0.717) is 0 Å². The van der Waals surface area contributed by atoms with Crippen molar-refractivity contribution in [1.29, 1.82) is 0 Å². The first-order chi connectivity index (χ1) is 13.9. The van der Waals surface area contributed by atoms with E-state index in [1.54, 1.807) is 0 Å². The largest absolute Gasteiger partial charge is 0.0654 e. The van der Waals surface area contributed by atoms with E-state index < -0.39 is 0 Å². The predicted molar refractivity (Wildman–Crippen MR) is 123 cm³/mol. The monoisotopic (exact) mass is 360 g/mol. The number of fused-ring (bicyclic) bond motifs is 4. The molecule has 5 aromatic carbocycles. The molecule has 0 aliphatic carbocycles. The average Bonchev–Trinajstić information content (AvgIpc) is 2.76. The highest BCUT2D eigenvalue weighted by Gasteiger charge is 2.16. The summed E-state index contributed by atoms with van der Waals surface area (Å²) in [6, 6.07) is 33.3. The van der Waals surface area contributed by atoms with Crippen LogP contribution < -0.4 is 0 Å². The van der Waals surface area contributed by atoms with Gasteiger partial charge in [0.2, 0.25) is 0 Å². The van der Waals surface area contributed by atoms with Crippen molar-refractivity contribution < 1.29 is 0 Å². The first-order valence-corrected chi connectivity index (χ1v) is 10.3. The van der Waals surface area contributed by atoms with Crippen LogP contribution in [-0.2, 0) is 6.42 Å². The van der Waals surface area contributed by atoms with Crippen molar-refractivity contribution in [1.82, 2.24) is 0 Å². The topological polar surface area (TPSA) is 0 Å². The molecule has 28 heavy (non-hydrogen) atoms. The van der Waals surface area contributed by atoms with Crippen LogP contribution in [0, 0.1) is 0 Å². The predicted octanol–water partition coefficient (Wildman–Crippen LogP) is 8.16. The van der Waals surface area contributed by atoms with E-state index in [4.69, 9.17) is 0 Å². The van der Waals surface area contributed by atoms with E-state index in [-0.39, 0.29) is 0 Å². The van der Waals surface area contributed by atoms with Gasteiger partial charge in [-0.25, -0.2) is 0 Å². The van der Waals surface area contributed by atoms with Crippen LogP contribution in [0.3, 0.4) is 0 Å². The maximum absolute atomic E-state index is 2.41. The van der Waals surface area contributed by atoms with Gasteiger partial charge in [0.1, 0.15) is 0 Å². The zero-order valence-corrected chi connectivity index (χ0v) is 16.3. The molecule has 0 nitrogen and oxygen atoms in total. The van der Waals surface area contributed by atoms with E-state index in [1.165, 1.54) is 61.8 Å². The molecule has 5 aromatic rings. The molecule has 0 unspecified atom stereocenters. The van der Waals surface area contributed by atoms with Gasteiger partial charge in [-0.1, -0.05) is 92.2 Å². The number of benzene rings is 5. The normalized spacial score (nSPS) is 11.5. The Morgan fingerprint density at radius 1 is 0.571 bits per heavy atom. The minimum atomic E-state index is 1.11. The summed E-state index contributed by atoms with van der Waals surface area (Å²) < 4.78 is 0. The van der Waals surface area contributed by atoms with E-state index in [1.807, 2.05) is 0 Å². The summed E-state index contributed by atoms with van der Waals surface area (Å²) in [6.45, 7) is 2.28. The summed E-state index contributed by atoms with van der Waals surface area (Å²) in [6.07, 6.45) is 3.52. The fourth-order valence-electron chi connectivity index (χ4n) is 4.49. The second-order valence-electron chi connectivity index (χ2n) is 7.61. The molecule has 0 aliphatic rings. The van der Waals surface area contributed by atoms with Gasteiger partial charge in [-0.05, 0) is 74.0 Å². The Balaban J connectivity index is 1.99. The van der Waals surface area contributed by atoms with Crippen molar-refractivity contribution in [2.75, 3.05) is 0 Å². The van der Waals surface area contributed by atoms with Crippen molar-refractivity contribution in [2.45, 2.75) is 26.2 Å². The number of aryl methyl sites for hydroxylation is 1. The van der Waals surface area contributed by atoms with Crippen LogP contribution in [0.25, 0.3) is 43.4 Å². The van der Waals surface area contributed by atoms with Crippen molar-refractivity contribution >= 4 is 32.3 Å². The summed E-state index contributed by atoms with van der Waals surface area (Å²) in [7, 11) is 0. The lowest BCUT2D eigenvalue weighted by Crippen LogP contribution is -1.96. The highest BCUT2D eigenvalue weighted by Crippen LogP contribution is 2.41.